The fourth-order valence-electron chi connectivity index (χ4n) is 2.71. The first-order valence-corrected chi connectivity index (χ1v) is 9.51. The molecule has 0 saturated carbocycles. The van der Waals surface area contributed by atoms with Crippen LogP contribution in [0.3, 0.4) is 0 Å². The molecule has 1 aromatic carbocycles. The largest absolute Gasteiger partial charge is 0.329 e. The summed E-state index contributed by atoms with van der Waals surface area (Å²) in [7, 11) is 1.86. The Labute approximate surface area is 164 Å². The molecule has 0 radical (unpaired) electrons. The zero-order chi connectivity index (χ0) is 19.7. The van der Waals surface area contributed by atoms with Gasteiger partial charge >= 0.3 is 0 Å². The Morgan fingerprint density at radius 2 is 2.00 bits per heavy atom. The van der Waals surface area contributed by atoms with Crippen LogP contribution in [-0.2, 0) is 7.05 Å². The summed E-state index contributed by atoms with van der Waals surface area (Å²) in [5.74, 6) is 1.23. The first-order valence-electron chi connectivity index (χ1n) is 8.63. The highest BCUT2D eigenvalue weighted by molar-refractivity contribution is 7.99. The molecule has 1 atom stereocenters. The van der Waals surface area contributed by atoms with Crippen LogP contribution in [0, 0.1) is 6.92 Å². The van der Waals surface area contributed by atoms with Crippen molar-refractivity contribution in [3.05, 3.63) is 64.3 Å². The lowest BCUT2D eigenvalue weighted by Crippen LogP contribution is -2.04. The second-order valence-corrected chi connectivity index (χ2v) is 7.65. The number of H-pyrrole nitrogens is 1. The number of hydrogen-bond donors (Lipinski definition) is 1. The molecule has 3 heterocycles. The molecule has 0 bridgehead atoms. The Hall–Kier alpha value is -3.27. The molecule has 3 aromatic heterocycles. The van der Waals surface area contributed by atoms with E-state index in [0.29, 0.717) is 22.4 Å². The third-order valence-electron chi connectivity index (χ3n) is 4.18. The van der Waals surface area contributed by atoms with Crippen molar-refractivity contribution in [1.82, 2.24) is 40.0 Å². The summed E-state index contributed by atoms with van der Waals surface area (Å²) in [5, 5.41) is 21.9. The van der Waals surface area contributed by atoms with Crippen LogP contribution in [0.5, 0.6) is 0 Å². The van der Waals surface area contributed by atoms with E-state index in [1.54, 1.807) is 12.3 Å². The predicted molar refractivity (Wildman–Crippen MR) is 105 cm³/mol. The monoisotopic (exact) mass is 394 g/mol. The number of rotatable bonds is 5. The van der Waals surface area contributed by atoms with Gasteiger partial charge in [0.1, 0.15) is 0 Å². The van der Waals surface area contributed by atoms with Gasteiger partial charge in [0, 0.05) is 24.9 Å². The van der Waals surface area contributed by atoms with Crippen molar-refractivity contribution in [3.63, 3.8) is 0 Å². The third-order valence-corrected chi connectivity index (χ3v) is 5.31. The van der Waals surface area contributed by atoms with Gasteiger partial charge in [-0.05, 0) is 42.8 Å². The standard InChI is InChI=1S/C18H18N8OS/c1-11-5-4-6-14(9-11)26-23-16(20-24-26)12(2)28-18-22-21-17(25(18)3)13-7-8-19-15(27)10-13/h4-10,12H,1-3H3,(H,19,27). The van der Waals surface area contributed by atoms with E-state index in [9.17, 15) is 4.79 Å². The molecule has 142 valence electrons. The molecule has 0 spiro atoms. The summed E-state index contributed by atoms with van der Waals surface area (Å²) in [5.41, 5.74) is 2.53. The maximum absolute atomic E-state index is 11.5. The maximum atomic E-state index is 11.5. The van der Waals surface area contributed by atoms with Crippen LogP contribution in [0.4, 0.5) is 0 Å². The Morgan fingerprint density at radius 1 is 1.14 bits per heavy atom. The molecular weight excluding hydrogens is 376 g/mol. The number of aromatic amines is 1. The van der Waals surface area contributed by atoms with Gasteiger partial charge in [-0.1, -0.05) is 23.9 Å². The number of hydrogen-bond acceptors (Lipinski definition) is 7. The Kier molecular flexibility index (Phi) is 4.78. The molecule has 0 fully saturated rings. The number of benzene rings is 1. The average molecular weight is 394 g/mol. The van der Waals surface area contributed by atoms with Crippen LogP contribution in [-0.4, -0.2) is 40.0 Å². The van der Waals surface area contributed by atoms with Crippen LogP contribution >= 0.6 is 11.8 Å². The van der Waals surface area contributed by atoms with E-state index < -0.39 is 0 Å². The van der Waals surface area contributed by atoms with E-state index >= 15 is 0 Å². The van der Waals surface area contributed by atoms with Crippen LogP contribution in [0.1, 0.15) is 23.6 Å². The first kappa shape index (κ1) is 18.1. The van der Waals surface area contributed by atoms with E-state index in [-0.39, 0.29) is 10.8 Å². The summed E-state index contributed by atoms with van der Waals surface area (Å²) in [6.45, 7) is 4.01. The van der Waals surface area contributed by atoms with Gasteiger partial charge in [-0.25, -0.2) is 0 Å². The molecule has 4 aromatic rings. The van der Waals surface area contributed by atoms with Crippen molar-refractivity contribution in [3.8, 4) is 17.1 Å². The Morgan fingerprint density at radius 3 is 2.79 bits per heavy atom. The molecule has 0 aliphatic carbocycles. The van der Waals surface area contributed by atoms with Crippen molar-refractivity contribution < 1.29 is 0 Å². The topological polar surface area (TPSA) is 107 Å². The average Bonchev–Trinajstić information content (AvgIpc) is 3.30. The van der Waals surface area contributed by atoms with Crippen molar-refractivity contribution >= 4 is 11.8 Å². The normalized spacial score (nSPS) is 12.2. The number of pyridine rings is 1. The van der Waals surface area contributed by atoms with E-state index in [0.717, 1.165) is 11.3 Å². The first-order chi connectivity index (χ1) is 13.5. The fourth-order valence-corrected chi connectivity index (χ4v) is 3.56. The van der Waals surface area contributed by atoms with Gasteiger partial charge in [-0.15, -0.1) is 25.2 Å². The fraction of sp³-hybridized carbons (Fsp3) is 0.222. The van der Waals surface area contributed by atoms with Crippen LogP contribution in [0.2, 0.25) is 0 Å². The molecule has 0 aliphatic heterocycles. The molecule has 0 aliphatic rings. The number of aromatic nitrogens is 8. The van der Waals surface area contributed by atoms with Crippen molar-refractivity contribution in [2.75, 3.05) is 0 Å². The summed E-state index contributed by atoms with van der Waals surface area (Å²) < 4.78 is 1.85. The molecule has 1 N–H and O–H groups in total. The van der Waals surface area contributed by atoms with Gasteiger partial charge in [-0.3, -0.25) is 4.79 Å². The summed E-state index contributed by atoms with van der Waals surface area (Å²) in [6, 6.07) is 11.2. The van der Waals surface area contributed by atoms with E-state index in [2.05, 4.69) is 30.6 Å². The zero-order valence-electron chi connectivity index (χ0n) is 15.6. The lowest BCUT2D eigenvalue weighted by atomic mass is 10.2. The van der Waals surface area contributed by atoms with Gasteiger partial charge in [0.15, 0.2) is 16.8 Å². The van der Waals surface area contributed by atoms with Gasteiger partial charge in [0.2, 0.25) is 5.56 Å². The summed E-state index contributed by atoms with van der Waals surface area (Å²) in [6.07, 6.45) is 1.59. The van der Waals surface area contributed by atoms with E-state index in [4.69, 9.17) is 0 Å². The zero-order valence-corrected chi connectivity index (χ0v) is 16.4. The van der Waals surface area contributed by atoms with Gasteiger partial charge < -0.3 is 9.55 Å². The lowest BCUT2D eigenvalue weighted by Gasteiger charge is -2.07. The van der Waals surface area contributed by atoms with E-state index in [1.165, 1.54) is 22.6 Å². The van der Waals surface area contributed by atoms with E-state index in [1.807, 2.05) is 49.7 Å². The molecule has 10 heteroatoms. The van der Waals surface area contributed by atoms with Crippen molar-refractivity contribution in [2.45, 2.75) is 24.3 Å². The number of aryl methyl sites for hydroxylation is 1. The van der Waals surface area contributed by atoms with Crippen LogP contribution in [0.25, 0.3) is 17.1 Å². The minimum Gasteiger partial charge on any atom is -0.329 e. The molecule has 9 nitrogen and oxygen atoms in total. The SMILES string of the molecule is Cc1cccc(-n2nnc(C(C)Sc3nnc(-c4cc[nH]c(=O)c4)n3C)n2)c1. The smallest absolute Gasteiger partial charge is 0.248 e. The molecule has 0 saturated heterocycles. The lowest BCUT2D eigenvalue weighted by molar-refractivity contribution is 0.717. The number of thioether (sulfide) groups is 1. The molecule has 28 heavy (non-hydrogen) atoms. The quantitative estimate of drug-likeness (QED) is 0.518. The van der Waals surface area contributed by atoms with Gasteiger partial charge in [-0.2, -0.15) is 0 Å². The number of nitrogens with zero attached hydrogens (tertiary/aromatic N) is 7. The minimum atomic E-state index is -0.181. The third kappa shape index (κ3) is 3.58. The highest BCUT2D eigenvalue weighted by Crippen LogP contribution is 2.32. The summed E-state index contributed by atoms with van der Waals surface area (Å²) >= 11 is 1.48. The highest BCUT2D eigenvalue weighted by Gasteiger charge is 2.19. The Balaban J connectivity index is 1.55. The number of tetrazole rings is 1. The molecular formula is C18H18N8OS. The summed E-state index contributed by atoms with van der Waals surface area (Å²) in [4.78, 5) is 15.7. The van der Waals surface area contributed by atoms with Crippen molar-refractivity contribution in [1.29, 1.82) is 0 Å². The number of nitrogens with one attached hydrogen (secondary N) is 1. The minimum absolute atomic E-state index is 0.0755. The van der Waals surface area contributed by atoms with Crippen molar-refractivity contribution in [2.24, 2.45) is 7.05 Å². The van der Waals surface area contributed by atoms with Gasteiger partial charge in [0.25, 0.3) is 0 Å². The predicted octanol–water partition coefficient (Wildman–Crippen LogP) is 2.31. The molecule has 0 amide bonds. The van der Waals surface area contributed by atoms with Crippen LogP contribution in [0.15, 0.2) is 52.5 Å². The van der Waals surface area contributed by atoms with Gasteiger partial charge in [0.05, 0.1) is 10.9 Å². The second kappa shape index (κ2) is 7.39. The molecule has 4 rings (SSSR count). The highest BCUT2D eigenvalue weighted by atomic mass is 32.2. The Bertz CT molecular complexity index is 1180. The molecule has 1 unspecified atom stereocenters. The maximum Gasteiger partial charge on any atom is 0.248 e. The second-order valence-electron chi connectivity index (χ2n) is 6.34. The van der Waals surface area contributed by atoms with Crippen LogP contribution < -0.4 is 5.56 Å².